The molecule has 3 nitrogen and oxygen atoms in total. The van der Waals surface area contributed by atoms with Crippen LogP contribution in [0.1, 0.15) is 32.6 Å². The molecule has 0 fully saturated rings. The van der Waals surface area contributed by atoms with E-state index in [1.54, 1.807) is 0 Å². The summed E-state index contributed by atoms with van der Waals surface area (Å²) in [5, 5.41) is 17.6. The molecule has 0 amide bonds. The Labute approximate surface area is 110 Å². The SMILES string of the molecule is CCC/C=C/C=C/C=C/CCCOCC(O)CO. The van der Waals surface area contributed by atoms with Crippen molar-refractivity contribution < 1.29 is 14.9 Å². The van der Waals surface area contributed by atoms with Crippen LogP contribution >= 0.6 is 0 Å². The first-order valence-electron chi connectivity index (χ1n) is 6.66. The predicted molar refractivity (Wildman–Crippen MR) is 75.5 cm³/mol. The normalized spacial score (nSPS) is 14.2. The van der Waals surface area contributed by atoms with Crippen LogP contribution in [0.25, 0.3) is 0 Å². The lowest BCUT2D eigenvalue weighted by Gasteiger charge is -2.06. The van der Waals surface area contributed by atoms with E-state index in [4.69, 9.17) is 14.9 Å². The molecule has 104 valence electrons. The van der Waals surface area contributed by atoms with Crippen LogP contribution < -0.4 is 0 Å². The zero-order valence-electron chi connectivity index (χ0n) is 11.3. The van der Waals surface area contributed by atoms with Crippen LogP contribution in [0.2, 0.25) is 0 Å². The minimum absolute atomic E-state index is 0.211. The van der Waals surface area contributed by atoms with E-state index in [1.807, 2.05) is 18.2 Å². The van der Waals surface area contributed by atoms with E-state index in [2.05, 4.69) is 25.2 Å². The zero-order valence-corrected chi connectivity index (χ0v) is 11.3. The van der Waals surface area contributed by atoms with Gasteiger partial charge in [-0.3, -0.25) is 0 Å². The predicted octanol–water partition coefficient (Wildman–Crippen LogP) is 2.61. The summed E-state index contributed by atoms with van der Waals surface area (Å²) < 4.78 is 5.19. The van der Waals surface area contributed by atoms with Crippen LogP contribution in [0.3, 0.4) is 0 Å². The average molecular weight is 254 g/mol. The standard InChI is InChI=1S/C15H26O3/c1-2-3-4-5-6-7-8-9-10-11-12-18-14-15(17)13-16/h4-9,15-17H,2-3,10-14H2,1H3/b5-4+,7-6+,9-8+. The Balaban J connectivity index is 3.32. The summed E-state index contributed by atoms with van der Waals surface area (Å²) in [6.07, 6.45) is 15.8. The topological polar surface area (TPSA) is 49.7 Å². The third-order valence-corrected chi connectivity index (χ3v) is 2.24. The second-order valence-corrected chi connectivity index (χ2v) is 4.08. The summed E-state index contributed by atoms with van der Waals surface area (Å²) in [6.45, 7) is 2.75. The fraction of sp³-hybridized carbons (Fsp3) is 0.600. The van der Waals surface area contributed by atoms with Crippen LogP contribution in [-0.2, 0) is 4.74 Å². The highest BCUT2D eigenvalue weighted by Gasteiger charge is 1.99. The third-order valence-electron chi connectivity index (χ3n) is 2.24. The molecule has 0 heterocycles. The van der Waals surface area contributed by atoms with Crippen molar-refractivity contribution in [1.29, 1.82) is 0 Å². The molecule has 0 aliphatic rings. The molecule has 3 heteroatoms. The molecule has 0 aromatic rings. The van der Waals surface area contributed by atoms with E-state index in [1.165, 1.54) is 6.42 Å². The highest BCUT2D eigenvalue weighted by Crippen LogP contribution is 1.94. The van der Waals surface area contributed by atoms with Gasteiger partial charge in [-0.05, 0) is 19.3 Å². The molecule has 1 atom stereocenters. The maximum Gasteiger partial charge on any atom is 0.100 e. The number of ether oxygens (including phenoxy) is 1. The van der Waals surface area contributed by atoms with Gasteiger partial charge >= 0.3 is 0 Å². The van der Waals surface area contributed by atoms with Crippen molar-refractivity contribution in [2.24, 2.45) is 0 Å². The van der Waals surface area contributed by atoms with Gasteiger partial charge < -0.3 is 14.9 Å². The Morgan fingerprint density at radius 2 is 1.72 bits per heavy atom. The van der Waals surface area contributed by atoms with E-state index in [0.717, 1.165) is 19.3 Å². The molecule has 2 N–H and O–H groups in total. The molecule has 0 aliphatic heterocycles. The summed E-state index contributed by atoms with van der Waals surface area (Å²) >= 11 is 0. The number of allylic oxidation sites excluding steroid dienone is 6. The van der Waals surface area contributed by atoms with Crippen molar-refractivity contribution in [3.63, 3.8) is 0 Å². The fourth-order valence-electron chi connectivity index (χ4n) is 1.22. The Morgan fingerprint density at radius 1 is 1.06 bits per heavy atom. The van der Waals surface area contributed by atoms with Gasteiger partial charge in [0.15, 0.2) is 0 Å². The quantitative estimate of drug-likeness (QED) is 0.440. The fourth-order valence-corrected chi connectivity index (χ4v) is 1.22. The first kappa shape index (κ1) is 17.1. The van der Waals surface area contributed by atoms with Gasteiger partial charge in [0.25, 0.3) is 0 Å². The van der Waals surface area contributed by atoms with Crippen LogP contribution in [0.15, 0.2) is 36.5 Å². The van der Waals surface area contributed by atoms with Gasteiger partial charge in [0.05, 0.1) is 13.2 Å². The number of aliphatic hydroxyl groups excluding tert-OH is 2. The van der Waals surface area contributed by atoms with Crippen LogP contribution in [-0.4, -0.2) is 36.1 Å². The minimum Gasteiger partial charge on any atom is -0.394 e. The van der Waals surface area contributed by atoms with E-state index in [9.17, 15) is 0 Å². The maximum absolute atomic E-state index is 9.01. The summed E-state index contributed by atoms with van der Waals surface area (Å²) in [4.78, 5) is 0. The van der Waals surface area contributed by atoms with Crippen molar-refractivity contribution in [2.45, 2.75) is 38.7 Å². The third kappa shape index (κ3) is 13.2. The molecule has 0 saturated heterocycles. The van der Waals surface area contributed by atoms with Crippen molar-refractivity contribution >= 4 is 0 Å². The molecule has 0 saturated carbocycles. The monoisotopic (exact) mass is 254 g/mol. The van der Waals surface area contributed by atoms with Gasteiger partial charge in [-0.1, -0.05) is 49.8 Å². The highest BCUT2D eigenvalue weighted by atomic mass is 16.5. The smallest absolute Gasteiger partial charge is 0.100 e. The van der Waals surface area contributed by atoms with Gasteiger partial charge in [-0.15, -0.1) is 0 Å². The first-order valence-corrected chi connectivity index (χ1v) is 6.66. The molecular formula is C15H26O3. The molecule has 0 radical (unpaired) electrons. The molecule has 0 bridgehead atoms. The first-order chi connectivity index (χ1) is 8.81. The lowest BCUT2D eigenvalue weighted by molar-refractivity contribution is 0.00586. The average Bonchev–Trinajstić information content (AvgIpc) is 2.39. The lowest BCUT2D eigenvalue weighted by atomic mass is 10.3. The van der Waals surface area contributed by atoms with Gasteiger partial charge in [0.1, 0.15) is 6.10 Å². The molecule has 0 aliphatic carbocycles. The van der Waals surface area contributed by atoms with Gasteiger partial charge in [-0.2, -0.15) is 0 Å². The van der Waals surface area contributed by atoms with Crippen LogP contribution in [0.4, 0.5) is 0 Å². The highest BCUT2D eigenvalue weighted by molar-refractivity contribution is 5.10. The number of unbranched alkanes of at least 4 members (excludes halogenated alkanes) is 2. The van der Waals surface area contributed by atoms with Gasteiger partial charge in [0.2, 0.25) is 0 Å². The molecule has 18 heavy (non-hydrogen) atoms. The maximum atomic E-state index is 9.01. The minimum atomic E-state index is -0.751. The van der Waals surface area contributed by atoms with E-state index < -0.39 is 6.10 Å². The van der Waals surface area contributed by atoms with Crippen molar-refractivity contribution in [1.82, 2.24) is 0 Å². The molecular weight excluding hydrogens is 228 g/mol. The Bertz CT molecular complexity index is 244. The number of rotatable bonds is 11. The van der Waals surface area contributed by atoms with Crippen molar-refractivity contribution in [2.75, 3.05) is 19.8 Å². The summed E-state index contributed by atoms with van der Waals surface area (Å²) in [5.41, 5.74) is 0. The summed E-state index contributed by atoms with van der Waals surface area (Å²) in [5.74, 6) is 0. The number of aliphatic hydroxyl groups is 2. The molecule has 0 aromatic heterocycles. The lowest BCUT2D eigenvalue weighted by Crippen LogP contribution is -2.19. The zero-order chi connectivity index (χ0) is 13.5. The van der Waals surface area contributed by atoms with E-state index in [0.29, 0.717) is 6.61 Å². The van der Waals surface area contributed by atoms with Crippen LogP contribution in [0.5, 0.6) is 0 Å². The number of hydrogen-bond acceptors (Lipinski definition) is 3. The van der Waals surface area contributed by atoms with Crippen LogP contribution in [0, 0.1) is 0 Å². The van der Waals surface area contributed by atoms with E-state index >= 15 is 0 Å². The molecule has 1 unspecified atom stereocenters. The second kappa shape index (κ2) is 14.2. The van der Waals surface area contributed by atoms with E-state index in [-0.39, 0.29) is 13.2 Å². The van der Waals surface area contributed by atoms with Crippen molar-refractivity contribution in [3.8, 4) is 0 Å². The molecule has 0 rings (SSSR count). The Morgan fingerprint density at radius 3 is 2.33 bits per heavy atom. The summed E-state index contributed by atoms with van der Waals surface area (Å²) in [7, 11) is 0. The van der Waals surface area contributed by atoms with Gasteiger partial charge in [-0.25, -0.2) is 0 Å². The molecule has 0 spiro atoms. The number of hydrogen-bond donors (Lipinski definition) is 2. The Hall–Kier alpha value is -0.900. The van der Waals surface area contributed by atoms with Crippen molar-refractivity contribution in [3.05, 3.63) is 36.5 Å². The Kier molecular flexibility index (Phi) is 13.5. The van der Waals surface area contributed by atoms with Gasteiger partial charge in [0, 0.05) is 6.61 Å². The molecule has 0 aromatic carbocycles. The summed E-state index contributed by atoms with van der Waals surface area (Å²) in [6, 6.07) is 0. The second-order valence-electron chi connectivity index (χ2n) is 4.08. The largest absolute Gasteiger partial charge is 0.394 e.